The lowest BCUT2D eigenvalue weighted by molar-refractivity contribution is 0.0754. The molecule has 2 fully saturated rings. The van der Waals surface area contributed by atoms with Crippen LogP contribution in [0.5, 0.6) is 0 Å². The van der Waals surface area contributed by atoms with Gasteiger partial charge >= 0.3 is 0 Å². The Hall–Kier alpha value is -1.87. The second-order valence-electron chi connectivity index (χ2n) is 5.44. The van der Waals surface area contributed by atoms with Crippen molar-refractivity contribution in [1.29, 1.82) is 0 Å². The number of hydrogen-bond acceptors (Lipinski definition) is 5. The molecule has 1 N–H and O–H groups in total. The van der Waals surface area contributed by atoms with E-state index in [0.717, 1.165) is 32.2 Å². The second kappa shape index (κ2) is 5.63. The maximum Gasteiger partial charge on any atom is 0.296 e. The Morgan fingerprint density at radius 1 is 1.50 bits per heavy atom. The number of amides is 1. The van der Waals surface area contributed by atoms with E-state index in [2.05, 4.69) is 21.4 Å². The summed E-state index contributed by atoms with van der Waals surface area (Å²) < 4.78 is 5.20. The third kappa shape index (κ3) is 2.83. The van der Waals surface area contributed by atoms with Gasteiger partial charge in [-0.2, -0.15) is 4.98 Å². The zero-order chi connectivity index (χ0) is 13.9. The van der Waals surface area contributed by atoms with E-state index in [1.807, 2.05) is 0 Å². The first-order chi connectivity index (χ1) is 9.78. The third-order valence-electron chi connectivity index (χ3n) is 3.74. The largest absolute Gasteiger partial charge is 0.337 e. The van der Waals surface area contributed by atoms with Crippen molar-refractivity contribution in [2.24, 2.45) is 5.92 Å². The normalized spacial score (nSPS) is 21.6. The van der Waals surface area contributed by atoms with Gasteiger partial charge in [-0.1, -0.05) is 11.1 Å². The molecule has 0 spiro atoms. The van der Waals surface area contributed by atoms with Gasteiger partial charge in [0.25, 0.3) is 11.7 Å². The summed E-state index contributed by atoms with van der Waals surface area (Å²) in [4.78, 5) is 18.2. The van der Waals surface area contributed by atoms with Gasteiger partial charge in [-0.05, 0) is 38.1 Å². The first-order valence-electron chi connectivity index (χ1n) is 7.07. The van der Waals surface area contributed by atoms with Gasteiger partial charge in [0, 0.05) is 6.54 Å². The van der Waals surface area contributed by atoms with Crippen molar-refractivity contribution in [3.8, 4) is 12.3 Å². The van der Waals surface area contributed by atoms with Crippen LogP contribution < -0.4 is 5.32 Å². The molecule has 2 heterocycles. The van der Waals surface area contributed by atoms with Crippen LogP contribution >= 0.6 is 0 Å². The molecule has 1 saturated carbocycles. The molecule has 1 saturated heterocycles. The molecule has 0 radical (unpaired) electrons. The highest BCUT2D eigenvalue weighted by Crippen LogP contribution is 2.30. The van der Waals surface area contributed by atoms with Gasteiger partial charge in [-0.15, -0.1) is 6.42 Å². The lowest BCUT2D eigenvalue weighted by atomic mass is 10.2. The maximum absolute atomic E-state index is 12.4. The van der Waals surface area contributed by atoms with Gasteiger partial charge in [0.05, 0.1) is 12.6 Å². The van der Waals surface area contributed by atoms with Crippen molar-refractivity contribution in [3.63, 3.8) is 0 Å². The first kappa shape index (κ1) is 13.1. The number of carbonyl (C=O) groups excluding carboxylic acids is 1. The topological polar surface area (TPSA) is 71.3 Å². The molecule has 1 atom stereocenters. The number of rotatable bonds is 5. The average Bonchev–Trinajstić information content (AvgIpc) is 2.97. The smallest absolute Gasteiger partial charge is 0.296 e. The summed E-state index contributed by atoms with van der Waals surface area (Å²) in [5, 5.41) is 7.07. The molecule has 0 aromatic carbocycles. The maximum atomic E-state index is 12.4. The van der Waals surface area contributed by atoms with Gasteiger partial charge in [-0.3, -0.25) is 4.79 Å². The molecule has 6 nitrogen and oxygen atoms in total. The number of hydrogen-bond donors (Lipinski definition) is 1. The van der Waals surface area contributed by atoms with E-state index in [4.69, 9.17) is 10.9 Å². The fraction of sp³-hybridized carbons (Fsp3) is 0.643. The number of nitrogens with one attached hydrogen (secondary N) is 1. The van der Waals surface area contributed by atoms with Gasteiger partial charge in [0.15, 0.2) is 0 Å². The highest BCUT2D eigenvalue weighted by molar-refractivity contribution is 5.90. The lowest BCUT2D eigenvalue weighted by Crippen LogP contribution is -2.34. The summed E-state index contributed by atoms with van der Waals surface area (Å²) in [5.74, 6) is 3.48. The van der Waals surface area contributed by atoms with Crippen molar-refractivity contribution < 1.29 is 9.32 Å². The minimum absolute atomic E-state index is 0.0774. The second-order valence-corrected chi connectivity index (χ2v) is 5.44. The van der Waals surface area contributed by atoms with E-state index in [1.54, 1.807) is 4.90 Å². The van der Waals surface area contributed by atoms with Crippen LogP contribution in [-0.2, 0) is 0 Å². The Labute approximate surface area is 117 Å². The molecule has 106 valence electrons. The summed E-state index contributed by atoms with van der Waals surface area (Å²) in [6, 6.07) is 0.0774. The van der Waals surface area contributed by atoms with Crippen molar-refractivity contribution in [2.75, 3.05) is 19.6 Å². The quantitative estimate of drug-likeness (QED) is 0.810. The van der Waals surface area contributed by atoms with E-state index in [1.165, 1.54) is 0 Å². The number of carbonyl (C=O) groups is 1. The Kier molecular flexibility index (Phi) is 3.70. The molecule has 1 aromatic heterocycles. The van der Waals surface area contributed by atoms with Crippen molar-refractivity contribution >= 4 is 5.91 Å². The van der Waals surface area contributed by atoms with E-state index >= 15 is 0 Å². The van der Waals surface area contributed by atoms with Crippen LogP contribution in [0.25, 0.3) is 0 Å². The fourth-order valence-electron chi connectivity index (χ4n) is 2.44. The van der Waals surface area contributed by atoms with Crippen molar-refractivity contribution in [2.45, 2.75) is 31.7 Å². The molecule has 2 aliphatic rings. The highest BCUT2D eigenvalue weighted by Gasteiger charge is 2.30. The van der Waals surface area contributed by atoms with Crippen LogP contribution in [-0.4, -0.2) is 40.6 Å². The van der Waals surface area contributed by atoms with Gasteiger partial charge in [-0.25, -0.2) is 0 Å². The van der Waals surface area contributed by atoms with Crippen LogP contribution in [0.3, 0.4) is 0 Å². The first-order valence-corrected chi connectivity index (χ1v) is 7.07. The summed E-state index contributed by atoms with van der Waals surface area (Å²) >= 11 is 0. The molecular weight excluding hydrogens is 256 g/mol. The molecule has 6 heteroatoms. The van der Waals surface area contributed by atoms with Crippen molar-refractivity contribution in [1.82, 2.24) is 20.4 Å². The summed E-state index contributed by atoms with van der Waals surface area (Å²) in [7, 11) is 0. The van der Waals surface area contributed by atoms with E-state index in [9.17, 15) is 4.79 Å². The molecule has 1 amide bonds. The van der Waals surface area contributed by atoms with Crippen LogP contribution in [0.2, 0.25) is 0 Å². The molecule has 20 heavy (non-hydrogen) atoms. The SMILES string of the molecule is C#CCN(CC1CC1)C(=O)c1noc(C2CCCN2)n1. The minimum atomic E-state index is -0.233. The van der Waals surface area contributed by atoms with Crippen LogP contribution in [0, 0.1) is 18.3 Å². The molecule has 3 rings (SSSR count). The van der Waals surface area contributed by atoms with E-state index < -0.39 is 0 Å². The van der Waals surface area contributed by atoms with E-state index in [-0.39, 0.29) is 17.8 Å². The fourth-order valence-corrected chi connectivity index (χ4v) is 2.44. The Morgan fingerprint density at radius 3 is 3.00 bits per heavy atom. The molecule has 1 aliphatic heterocycles. The molecule has 0 bridgehead atoms. The number of terminal acetylenes is 1. The zero-order valence-corrected chi connectivity index (χ0v) is 11.3. The Bertz CT molecular complexity index is 524. The molecule has 1 aromatic rings. The van der Waals surface area contributed by atoms with Gasteiger partial charge < -0.3 is 14.7 Å². The third-order valence-corrected chi connectivity index (χ3v) is 3.74. The number of aromatic nitrogens is 2. The predicted octanol–water partition coefficient (Wildman–Crippen LogP) is 0.980. The average molecular weight is 274 g/mol. The van der Waals surface area contributed by atoms with Crippen LogP contribution in [0.4, 0.5) is 0 Å². The van der Waals surface area contributed by atoms with Gasteiger partial charge in [0.2, 0.25) is 5.89 Å². The summed E-state index contributed by atoms with van der Waals surface area (Å²) in [5.41, 5.74) is 0. The monoisotopic (exact) mass is 274 g/mol. The Balaban J connectivity index is 1.69. The Morgan fingerprint density at radius 2 is 2.35 bits per heavy atom. The van der Waals surface area contributed by atoms with E-state index in [0.29, 0.717) is 24.9 Å². The van der Waals surface area contributed by atoms with Gasteiger partial charge in [0.1, 0.15) is 0 Å². The highest BCUT2D eigenvalue weighted by atomic mass is 16.5. The summed E-state index contributed by atoms with van der Waals surface area (Å²) in [6.45, 7) is 1.93. The number of nitrogens with zero attached hydrogens (tertiary/aromatic N) is 3. The predicted molar refractivity (Wildman–Crippen MR) is 71.7 cm³/mol. The summed E-state index contributed by atoms with van der Waals surface area (Å²) in [6.07, 6.45) is 9.71. The minimum Gasteiger partial charge on any atom is -0.337 e. The molecule has 1 aliphatic carbocycles. The molecule has 1 unspecified atom stereocenters. The lowest BCUT2D eigenvalue weighted by Gasteiger charge is -2.17. The van der Waals surface area contributed by atoms with Crippen LogP contribution in [0.15, 0.2) is 4.52 Å². The standard InChI is InChI=1S/C14H18N4O2/c1-2-8-18(9-10-5-6-10)14(19)12-16-13(20-17-12)11-4-3-7-15-11/h1,10-11,15H,3-9H2. The van der Waals surface area contributed by atoms with Crippen molar-refractivity contribution in [3.05, 3.63) is 11.7 Å². The van der Waals surface area contributed by atoms with Crippen LogP contribution in [0.1, 0.15) is 48.2 Å². The molecular formula is C14H18N4O2. The zero-order valence-electron chi connectivity index (χ0n) is 11.3.